The third kappa shape index (κ3) is 3.40. The van der Waals surface area contributed by atoms with Gasteiger partial charge in [-0.15, -0.1) is 0 Å². The summed E-state index contributed by atoms with van der Waals surface area (Å²) in [4.78, 5) is 11.6. The maximum atomic E-state index is 11.6. The Kier molecular flexibility index (Phi) is 3.70. The van der Waals surface area contributed by atoms with E-state index in [0.29, 0.717) is 6.04 Å². The van der Waals surface area contributed by atoms with Gasteiger partial charge >= 0.3 is 5.97 Å². The predicted molar refractivity (Wildman–Crippen MR) is 63.8 cm³/mol. The van der Waals surface area contributed by atoms with Gasteiger partial charge in [0.05, 0.1) is 12.6 Å². The van der Waals surface area contributed by atoms with Gasteiger partial charge in [0, 0.05) is 25.2 Å². The Morgan fingerprint density at radius 1 is 1.53 bits per heavy atom. The van der Waals surface area contributed by atoms with E-state index >= 15 is 0 Å². The lowest BCUT2D eigenvalue weighted by Gasteiger charge is -2.22. The monoisotopic (exact) mass is 242 g/mol. The summed E-state index contributed by atoms with van der Waals surface area (Å²) in [5.41, 5.74) is -0.418. The Bertz CT molecular complexity index is 288. The van der Waals surface area contributed by atoms with Crippen LogP contribution in [0.15, 0.2) is 0 Å². The van der Waals surface area contributed by atoms with E-state index in [1.807, 2.05) is 20.8 Å². The second-order valence-corrected chi connectivity index (χ2v) is 5.71. The zero-order valence-corrected chi connectivity index (χ0v) is 10.8. The summed E-state index contributed by atoms with van der Waals surface area (Å²) in [6, 6.07) is 0.668. The Hall–Kier alpha value is -0.650. The minimum absolute atomic E-state index is 0.206. The smallest absolute Gasteiger partial charge is 0.320 e. The number of fused-ring (bicyclic) bond motifs is 1. The molecule has 0 aromatic rings. The summed E-state index contributed by atoms with van der Waals surface area (Å²) in [5.74, 6) is -0.209. The Labute approximate surface area is 102 Å². The number of carbonyl (C=O) groups excluding carboxylic acids is 1. The fourth-order valence-corrected chi connectivity index (χ4v) is 2.40. The maximum Gasteiger partial charge on any atom is 0.320 e. The second-order valence-electron chi connectivity index (χ2n) is 5.71. The van der Waals surface area contributed by atoms with Crippen LogP contribution in [0.2, 0.25) is 0 Å². The fraction of sp³-hybridized carbons (Fsp3) is 0.917. The summed E-state index contributed by atoms with van der Waals surface area (Å²) in [6.45, 7) is 7.54. The Morgan fingerprint density at radius 2 is 2.29 bits per heavy atom. The van der Waals surface area contributed by atoms with Gasteiger partial charge in [0.1, 0.15) is 5.60 Å². The molecule has 2 rings (SSSR count). The molecule has 2 unspecified atom stereocenters. The third-order valence-electron chi connectivity index (χ3n) is 3.06. The molecule has 2 aliphatic rings. The van der Waals surface area contributed by atoms with E-state index in [9.17, 15) is 4.79 Å². The van der Waals surface area contributed by atoms with E-state index in [1.54, 1.807) is 0 Å². The molecule has 2 aliphatic heterocycles. The van der Waals surface area contributed by atoms with E-state index in [1.165, 1.54) is 0 Å². The van der Waals surface area contributed by atoms with Crippen molar-refractivity contribution in [2.45, 2.75) is 51.0 Å². The van der Waals surface area contributed by atoms with Crippen LogP contribution in [0.5, 0.6) is 0 Å². The number of ether oxygens (including phenoxy) is 2. The third-order valence-corrected chi connectivity index (χ3v) is 3.06. The molecule has 17 heavy (non-hydrogen) atoms. The van der Waals surface area contributed by atoms with Crippen LogP contribution in [0, 0.1) is 0 Å². The summed E-state index contributed by atoms with van der Waals surface area (Å²) in [6.07, 6.45) is 1.27. The highest BCUT2D eigenvalue weighted by Crippen LogP contribution is 2.21. The normalized spacial score (nSPS) is 32.5. The van der Waals surface area contributed by atoms with Crippen molar-refractivity contribution in [3.63, 3.8) is 0 Å². The molecule has 0 amide bonds. The van der Waals surface area contributed by atoms with Gasteiger partial charge in [-0.1, -0.05) is 0 Å². The molecular weight excluding hydrogens is 220 g/mol. The standard InChI is InChI=1S/C12H22N2O3/c1-12(2,3)17-10(15)7-14-9-6-13-8-4-5-16-11(8)9/h8-9,11,13-14H,4-7H2,1-3H3/t8?,9-,11?/m1/s1. The van der Waals surface area contributed by atoms with Gasteiger partial charge in [-0.05, 0) is 27.2 Å². The molecule has 0 bridgehead atoms. The second kappa shape index (κ2) is 4.92. The van der Waals surface area contributed by atoms with Gasteiger partial charge in [0.25, 0.3) is 0 Å². The maximum absolute atomic E-state index is 11.6. The predicted octanol–water partition coefficient (Wildman–Crippen LogP) is 0.0470. The molecule has 0 saturated carbocycles. The van der Waals surface area contributed by atoms with Gasteiger partial charge in [-0.25, -0.2) is 0 Å². The van der Waals surface area contributed by atoms with Crippen molar-refractivity contribution in [3.05, 3.63) is 0 Å². The van der Waals surface area contributed by atoms with Crippen molar-refractivity contribution in [2.24, 2.45) is 0 Å². The molecule has 0 aromatic carbocycles. The van der Waals surface area contributed by atoms with Crippen LogP contribution >= 0.6 is 0 Å². The van der Waals surface area contributed by atoms with E-state index in [-0.39, 0.29) is 24.7 Å². The summed E-state index contributed by atoms with van der Waals surface area (Å²) < 4.78 is 10.9. The van der Waals surface area contributed by atoms with E-state index < -0.39 is 5.60 Å². The molecule has 0 aliphatic carbocycles. The lowest BCUT2D eigenvalue weighted by atomic mass is 10.1. The SMILES string of the molecule is CC(C)(C)OC(=O)CN[C@@H]1CNC2CCOC21. The Morgan fingerprint density at radius 3 is 3.00 bits per heavy atom. The average Bonchev–Trinajstić information content (AvgIpc) is 2.73. The van der Waals surface area contributed by atoms with Crippen molar-refractivity contribution in [1.29, 1.82) is 0 Å². The fourth-order valence-electron chi connectivity index (χ4n) is 2.40. The number of nitrogens with one attached hydrogen (secondary N) is 2. The van der Waals surface area contributed by atoms with Gasteiger partial charge in [-0.3, -0.25) is 4.79 Å². The average molecular weight is 242 g/mol. The molecule has 2 heterocycles. The van der Waals surface area contributed by atoms with Crippen molar-refractivity contribution < 1.29 is 14.3 Å². The minimum Gasteiger partial charge on any atom is -0.459 e. The van der Waals surface area contributed by atoms with E-state index in [4.69, 9.17) is 9.47 Å². The first-order valence-electron chi connectivity index (χ1n) is 6.26. The summed E-state index contributed by atoms with van der Waals surface area (Å²) >= 11 is 0. The number of hydrogen-bond acceptors (Lipinski definition) is 5. The Balaban J connectivity index is 1.73. The lowest BCUT2D eigenvalue weighted by molar-refractivity contribution is -0.153. The van der Waals surface area contributed by atoms with Gasteiger partial charge in [-0.2, -0.15) is 0 Å². The first-order chi connectivity index (χ1) is 7.96. The highest BCUT2D eigenvalue weighted by Gasteiger charge is 2.40. The summed E-state index contributed by atoms with van der Waals surface area (Å²) in [5, 5.41) is 6.61. The van der Waals surface area contributed by atoms with Crippen molar-refractivity contribution in [1.82, 2.24) is 10.6 Å². The number of carbonyl (C=O) groups is 1. The van der Waals surface area contributed by atoms with Crippen LogP contribution in [0.4, 0.5) is 0 Å². The van der Waals surface area contributed by atoms with Crippen LogP contribution in [0.3, 0.4) is 0 Å². The highest BCUT2D eigenvalue weighted by atomic mass is 16.6. The minimum atomic E-state index is -0.418. The number of esters is 1. The molecule has 0 aromatic heterocycles. The molecule has 0 radical (unpaired) electrons. The molecule has 2 N–H and O–H groups in total. The van der Waals surface area contributed by atoms with Gasteiger partial charge < -0.3 is 20.1 Å². The molecule has 5 nitrogen and oxygen atoms in total. The van der Waals surface area contributed by atoms with E-state index in [2.05, 4.69) is 10.6 Å². The van der Waals surface area contributed by atoms with Crippen molar-refractivity contribution in [3.8, 4) is 0 Å². The summed E-state index contributed by atoms with van der Waals surface area (Å²) in [7, 11) is 0. The molecule has 98 valence electrons. The van der Waals surface area contributed by atoms with Crippen LogP contribution in [-0.2, 0) is 14.3 Å². The van der Waals surface area contributed by atoms with Crippen LogP contribution in [-0.4, -0.2) is 49.5 Å². The van der Waals surface area contributed by atoms with Crippen molar-refractivity contribution >= 4 is 5.97 Å². The van der Waals surface area contributed by atoms with Crippen LogP contribution in [0.25, 0.3) is 0 Å². The first kappa shape index (κ1) is 12.8. The van der Waals surface area contributed by atoms with Gasteiger partial charge in [0.15, 0.2) is 0 Å². The van der Waals surface area contributed by atoms with Crippen molar-refractivity contribution in [2.75, 3.05) is 19.7 Å². The molecule has 3 atom stereocenters. The van der Waals surface area contributed by atoms with Gasteiger partial charge in [0.2, 0.25) is 0 Å². The molecule has 0 spiro atoms. The largest absolute Gasteiger partial charge is 0.459 e. The quantitative estimate of drug-likeness (QED) is 0.685. The molecule has 5 heteroatoms. The zero-order valence-electron chi connectivity index (χ0n) is 10.8. The number of hydrogen-bond donors (Lipinski definition) is 2. The molecule has 2 fully saturated rings. The lowest BCUT2D eigenvalue weighted by Crippen LogP contribution is -2.44. The molecule has 2 saturated heterocycles. The van der Waals surface area contributed by atoms with Crippen LogP contribution < -0.4 is 10.6 Å². The van der Waals surface area contributed by atoms with Crippen LogP contribution in [0.1, 0.15) is 27.2 Å². The first-order valence-corrected chi connectivity index (χ1v) is 6.26. The number of rotatable bonds is 3. The highest BCUT2D eigenvalue weighted by molar-refractivity contribution is 5.72. The molecular formula is C12H22N2O3. The van der Waals surface area contributed by atoms with E-state index in [0.717, 1.165) is 19.6 Å². The zero-order chi connectivity index (χ0) is 12.5. The topological polar surface area (TPSA) is 59.6 Å².